The normalized spacial score (nSPS) is 26.3. The lowest BCUT2D eigenvalue weighted by atomic mass is 9.95. The summed E-state index contributed by atoms with van der Waals surface area (Å²) >= 11 is 5.45. The summed E-state index contributed by atoms with van der Waals surface area (Å²) in [6, 6.07) is 7.60. The Kier molecular flexibility index (Phi) is 8.58. The van der Waals surface area contributed by atoms with Gasteiger partial charge in [-0.05, 0) is 43.5 Å². The van der Waals surface area contributed by atoms with E-state index in [0.29, 0.717) is 10.9 Å². The predicted molar refractivity (Wildman–Crippen MR) is 134 cm³/mol. The van der Waals surface area contributed by atoms with E-state index < -0.39 is 73.7 Å². The first-order valence-corrected chi connectivity index (χ1v) is 13.3. The van der Waals surface area contributed by atoms with Gasteiger partial charge >= 0.3 is 24.9 Å². The Labute approximate surface area is 225 Å². The number of aromatic nitrogens is 3. The molecule has 15 heteroatoms. The van der Waals surface area contributed by atoms with Crippen molar-refractivity contribution >= 4 is 25.2 Å². The second kappa shape index (κ2) is 12.3. The van der Waals surface area contributed by atoms with Gasteiger partial charge in [-0.1, -0.05) is 25.1 Å². The lowest BCUT2D eigenvalue weighted by molar-refractivity contribution is -0.151. The molecule has 1 saturated heterocycles. The number of hydrogen-bond donors (Lipinski definition) is 3. The van der Waals surface area contributed by atoms with Crippen molar-refractivity contribution in [3.05, 3.63) is 57.6 Å². The van der Waals surface area contributed by atoms with Crippen LogP contribution in [0.2, 0.25) is 0 Å². The fourth-order valence-corrected chi connectivity index (χ4v) is 5.29. The van der Waals surface area contributed by atoms with Gasteiger partial charge in [-0.2, -0.15) is 4.98 Å². The molecule has 0 spiro atoms. The lowest BCUT2D eigenvalue weighted by Gasteiger charge is -2.26. The molecule has 0 amide bonds. The maximum atomic E-state index is 13.9. The molecule has 1 aliphatic rings. The number of rotatable bonds is 10. The molecule has 2 aromatic rings. The van der Waals surface area contributed by atoms with E-state index in [2.05, 4.69) is 10.9 Å². The van der Waals surface area contributed by atoms with Crippen LogP contribution in [0.1, 0.15) is 29.7 Å². The summed E-state index contributed by atoms with van der Waals surface area (Å²) in [5, 5.41) is 23.9. The molecule has 1 aromatic heterocycles. The number of ether oxygens (including phenoxy) is 2. The molecule has 1 aliphatic heterocycles. The average molecular weight is 574 g/mol. The van der Waals surface area contributed by atoms with Gasteiger partial charge in [0.15, 0.2) is 6.23 Å². The summed E-state index contributed by atoms with van der Waals surface area (Å²) in [5.74, 6) is 0.255. The van der Waals surface area contributed by atoms with Crippen molar-refractivity contribution in [3.63, 3.8) is 0 Å². The van der Waals surface area contributed by atoms with Gasteiger partial charge in [0, 0.05) is 5.38 Å². The van der Waals surface area contributed by atoms with Gasteiger partial charge in [-0.25, -0.2) is 14.2 Å². The number of para-hydroxylation sites is 1. The van der Waals surface area contributed by atoms with E-state index in [0.717, 1.165) is 0 Å². The third-order valence-corrected chi connectivity index (χ3v) is 7.15. The Morgan fingerprint density at radius 1 is 1.37 bits per heavy atom. The first kappa shape index (κ1) is 26.6. The van der Waals surface area contributed by atoms with Gasteiger partial charge in [-0.15, -0.1) is 0 Å². The second-order valence-corrected chi connectivity index (χ2v) is 10.7. The largest absolute Gasteiger partial charge is 0.463 e. The average Bonchev–Trinajstić information content (AvgIpc) is 3.10. The van der Waals surface area contributed by atoms with Gasteiger partial charge in [0.2, 0.25) is 5.60 Å². The predicted octanol–water partition coefficient (Wildman–Crippen LogP) is 0.997. The van der Waals surface area contributed by atoms with Gasteiger partial charge in [0.1, 0.15) is 24.3 Å². The van der Waals surface area contributed by atoms with Crippen LogP contribution in [0.4, 0.5) is 0 Å². The van der Waals surface area contributed by atoms with Crippen molar-refractivity contribution in [2.45, 2.75) is 50.9 Å². The van der Waals surface area contributed by atoms with Crippen LogP contribution >= 0.6 is 19.2 Å². The Balaban J connectivity index is 1.99. The third kappa shape index (κ3) is 6.91. The second-order valence-electron chi connectivity index (χ2n) is 8.58. The van der Waals surface area contributed by atoms with Crippen LogP contribution in [0.25, 0.3) is 0 Å². The molecule has 6 atom stereocenters. The molecule has 0 saturated carbocycles. The Morgan fingerprint density at radius 2 is 2.05 bits per heavy atom. The fourth-order valence-electron chi connectivity index (χ4n) is 3.42. The lowest BCUT2D eigenvalue weighted by Crippen LogP contribution is -2.48. The molecule has 1 aromatic carbocycles. The zero-order valence-electron chi connectivity index (χ0n) is 22.4. The molecular weight excluding hydrogens is 545 g/mol. The molecule has 38 heavy (non-hydrogen) atoms. The zero-order valence-corrected chi connectivity index (χ0v) is 22.1. The number of esters is 1. The van der Waals surface area contributed by atoms with E-state index in [1.165, 1.54) is 19.1 Å². The molecule has 13 nitrogen and oxygen atoms in total. The maximum absolute atomic E-state index is 13.9. The Morgan fingerprint density at radius 3 is 2.66 bits per heavy atom. The molecule has 0 radical (unpaired) electrons. The highest BCUT2D eigenvalue weighted by Gasteiger charge is 2.56. The van der Waals surface area contributed by atoms with E-state index >= 15 is 0 Å². The van der Waals surface area contributed by atoms with Crippen LogP contribution < -0.4 is 15.9 Å². The van der Waals surface area contributed by atoms with Gasteiger partial charge in [0.05, 0.1) is 27.5 Å². The minimum atomic E-state index is -4.60. The number of benzene rings is 1. The number of aliphatic hydroxyl groups excluding tert-OH is 1. The highest BCUT2D eigenvalue weighted by atomic mass is 35.5. The van der Waals surface area contributed by atoms with E-state index in [1.807, 2.05) is 10.4 Å². The van der Waals surface area contributed by atoms with E-state index in [1.54, 1.807) is 32.0 Å². The van der Waals surface area contributed by atoms with Crippen molar-refractivity contribution in [2.75, 3.05) is 12.7 Å². The van der Waals surface area contributed by atoms with Crippen molar-refractivity contribution in [2.24, 2.45) is 5.92 Å². The van der Waals surface area contributed by atoms with Crippen molar-refractivity contribution in [1.29, 1.82) is 0 Å². The van der Waals surface area contributed by atoms with Crippen molar-refractivity contribution < 1.29 is 40.8 Å². The van der Waals surface area contributed by atoms with Crippen LogP contribution in [0.5, 0.6) is 5.75 Å². The first-order chi connectivity index (χ1) is 18.6. The smallest absolute Gasteiger partial charge is 0.380 e. The van der Waals surface area contributed by atoms with Crippen LogP contribution in [0.3, 0.4) is 0 Å². The molecule has 1 fully saturated rings. The highest BCUT2D eigenvalue weighted by Crippen LogP contribution is 2.51. The number of carbonyl (C=O) groups is 1. The summed E-state index contributed by atoms with van der Waals surface area (Å²) < 4.78 is 53.0. The fraction of sp³-hybridized carbons (Fsp3) is 0.478. The van der Waals surface area contributed by atoms with Crippen LogP contribution in [0.15, 0.2) is 46.2 Å². The number of halogens is 1. The number of H-pyrrole nitrogens is 1. The number of nitrogens with one attached hydrogen (secondary N) is 1. The Bertz CT molecular complexity index is 1440. The summed E-state index contributed by atoms with van der Waals surface area (Å²) in [5.41, 5.74) is -4.89. The molecule has 2 heterocycles. The Hall–Kier alpha value is -2.98. The number of nitrogens with zero attached hydrogens (tertiary/aromatic N) is 2. The minimum absolute atomic E-state index is 0.0206. The quantitative estimate of drug-likeness (QED) is 0.210. The summed E-state index contributed by atoms with van der Waals surface area (Å²) in [6.07, 6.45) is -6.82. The van der Waals surface area contributed by atoms with Crippen molar-refractivity contribution in [3.8, 4) is 17.0 Å². The molecule has 0 aliphatic carbocycles. The summed E-state index contributed by atoms with van der Waals surface area (Å²) in [7, 11) is -4.60. The molecule has 206 valence electrons. The SMILES string of the molecule is [2H]C([2H])(O[P@@](=O)(C[C@@H](C)C(=O)OC(C)C)Oc1ccccc1)[C@H]1O[C@@H](n2cnc(=O)[nH]c2=O)C(O)(C#CCl)[C@H]1O. The number of aliphatic hydroxyl groups is 2. The standard InChI is InChI=1S/C23H27ClN3O10P/c1-14(2)35-19(29)15(3)12-38(33,37-16-7-5-4-6-8-16)34-11-17-18(28)23(32,9-10-24)20(36-17)27-13-25-21(30)26-22(27)31/h4-8,13-15,17-18,20,28,32H,11-12H2,1-3H3,(H,26,30,31)/t15-,17-,18+,20-,23?,38+/m1/s1/i11D2. The van der Waals surface area contributed by atoms with Gasteiger partial charge in [-0.3, -0.25) is 18.9 Å². The van der Waals surface area contributed by atoms with E-state index in [9.17, 15) is 29.2 Å². The number of hydrogen-bond acceptors (Lipinski definition) is 11. The van der Waals surface area contributed by atoms with Gasteiger partial charge < -0.3 is 24.2 Å². The van der Waals surface area contributed by atoms with Gasteiger partial charge in [0.25, 0.3) is 0 Å². The van der Waals surface area contributed by atoms with Crippen molar-refractivity contribution in [1.82, 2.24) is 14.5 Å². The topological polar surface area (TPSA) is 179 Å². The third-order valence-electron chi connectivity index (χ3n) is 5.18. The zero-order chi connectivity index (χ0) is 29.9. The first-order valence-electron chi connectivity index (χ1n) is 12.2. The maximum Gasteiger partial charge on any atom is 0.380 e. The monoisotopic (exact) mass is 573 g/mol. The minimum Gasteiger partial charge on any atom is -0.463 e. The van der Waals surface area contributed by atoms with E-state index in [4.69, 9.17) is 32.9 Å². The van der Waals surface area contributed by atoms with Crippen LogP contribution in [-0.4, -0.2) is 67.4 Å². The summed E-state index contributed by atoms with van der Waals surface area (Å²) in [6.45, 7) is 1.40. The molecule has 3 N–H and O–H groups in total. The van der Waals surface area contributed by atoms with E-state index in [-0.39, 0.29) is 5.75 Å². The summed E-state index contributed by atoms with van der Waals surface area (Å²) in [4.78, 5) is 41.4. The molecular formula is C23H27ClN3O10P. The number of carbonyl (C=O) groups excluding carboxylic acids is 1. The molecule has 1 unspecified atom stereocenters. The molecule has 3 rings (SSSR count). The number of aromatic amines is 1. The highest BCUT2D eigenvalue weighted by molar-refractivity contribution is 7.54. The molecule has 0 bridgehead atoms. The van der Waals surface area contributed by atoms with Crippen LogP contribution in [0, 0.1) is 17.2 Å². The van der Waals surface area contributed by atoms with Crippen LogP contribution in [-0.2, 0) is 23.4 Å².